The predicted molar refractivity (Wildman–Crippen MR) is 282 cm³/mol. The third kappa shape index (κ3) is 16.1. The van der Waals surface area contributed by atoms with Gasteiger partial charge in [-0.25, -0.2) is 0 Å². The highest BCUT2D eigenvalue weighted by atomic mass is 16.6. The summed E-state index contributed by atoms with van der Waals surface area (Å²) in [6.07, 6.45) is -1.49. The number of cyclic esters (lactones) is 2. The number of esters is 2. The Balaban J connectivity index is 1.05. The van der Waals surface area contributed by atoms with Gasteiger partial charge in [0.05, 0.1) is 51.8 Å². The van der Waals surface area contributed by atoms with Crippen LogP contribution in [-0.4, -0.2) is 86.2 Å². The SMILES string of the molecule is O=C1CCCC(=O)OC[C@H]2O[C@H](C/C=C\C[C@H]3O[C@H](CO1)[C@@H](OCc1ccccc1)[C@H](OCc1ccccc1)[C@@H]3OCc1ccccc1)[C@H](OCc1ccccc1)[C@@H](OCc1ccccc1)[C@@H]2OCc1ccccc1. The number of ether oxygens (including phenoxy) is 10. The van der Waals surface area contributed by atoms with Crippen LogP contribution >= 0.6 is 0 Å². The van der Waals surface area contributed by atoms with Crippen LogP contribution in [0.4, 0.5) is 0 Å². The smallest absolute Gasteiger partial charge is 0.305 e. The molecule has 3 aliphatic heterocycles. The fourth-order valence-electron chi connectivity index (χ4n) is 9.75. The van der Waals surface area contributed by atoms with E-state index in [0.29, 0.717) is 26.1 Å². The van der Waals surface area contributed by atoms with E-state index in [9.17, 15) is 9.59 Å². The topological polar surface area (TPSA) is 126 Å². The van der Waals surface area contributed by atoms with Crippen molar-refractivity contribution in [2.75, 3.05) is 13.2 Å². The molecule has 0 saturated carbocycles. The Hall–Kier alpha value is -6.32. The quantitative estimate of drug-likeness (QED) is 0.0601. The summed E-state index contributed by atoms with van der Waals surface area (Å²) in [6, 6.07) is 59.8. The Morgan fingerprint density at radius 3 is 0.827 bits per heavy atom. The monoisotopic (exact) mass is 1020 g/mol. The van der Waals surface area contributed by atoms with Crippen LogP contribution < -0.4 is 0 Å². The number of carbonyl (C=O) groups is 2. The van der Waals surface area contributed by atoms with Gasteiger partial charge in [-0.2, -0.15) is 0 Å². The van der Waals surface area contributed by atoms with E-state index in [4.69, 9.17) is 47.4 Å². The van der Waals surface area contributed by atoms with Gasteiger partial charge in [-0.15, -0.1) is 0 Å². The Bertz CT molecular complexity index is 2430. The number of benzene rings is 6. The molecule has 3 heterocycles. The van der Waals surface area contributed by atoms with Crippen molar-refractivity contribution in [1.82, 2.24) is 0 Å². The van der Waals surface area contributed by atoms with Crippen LogP contribution in [0.5, 0.6) is 0 Å². The largest absolute Gasteiger partial charge is 0.463 e. The molecule has 392 valence electrons. The maximum Gasteiger partial charge on any atom is 0.305 e. The molecular weight excluding hydrogens is 949 g/mol. The van der Waals surface area contributed by atoms with Gasteiger partial charge in [0.15, 0.2) is 0 Å². The normalized spacial score (nSPS) is 26.1. The van der Waals surface area contributed by atoms with E-state index in [1.807, 2.05) is 182 Å². The van der Waals surface area contributed by atoms with Crippen LogP contribution in [0, 0.1) is 0 Å². The van der Waals surface area contributed by atoms with E-state index >= 15 is 0 Å². The highest BCUT2D eigenvalue weighted by molar-refractivity contribution is 5.72. The van der Waals surface area contributed by atoms with Crippen molar-refractivity contribution < 1.29 is 57.0 Å². The molecule has 75 heavy (non-hydrogen) atoms. The maximum absolute atomic E-state index is 13.5. The van der Waals surface area contributed by atoms with Gasteiger partial charge in [0.2, 0.25) is 0 Å². The lowest BCUT2D eigenvalue weighted by Gasteiger charge is -2.46. The van der Waals surface area contributed by atoms with Gasteiger partial charge < -0.3 is 47.4 Å². The van der Waals surface area contributed by atoms with Crippen molar-refractivity contribution in [1.29, 1.82) is 0 Å². The molecule has 3 aliphatic rings. The Morgan fingerprint density at radius 1 is 0.320 bits per heavy atom. The Kier molecular flexibility index (Phi) is 20.4. The van der Waals surface area contributed by atoms with E-state index in [0.717, 1.165) is 33.4 Å². The number of carbonyl (C=O) groups excluding carboxylic acids is 2. The lowest BCUT2D eigenvalue weighted by Crippen LogP contribution is -2.61. The summed E-state index contributed by atoms with van der Waals surface area (Å²) in [5, 5.41) is 0. The summed E-state index contributed by atoms with van der Waals surface area (Å²) >= 11 is 0. The number of rotatable bonds is 18. The predicted octanol–water partition coefficient (Wildman–Crippen LogP) is 10.6. The van der Waals surface area contributed by atoms with E-state index in [1.54, 1.807) is 0 Å². The zero-order valence-electron chi connectivity index (χ0n) is 42.3. The molecule has 0 spiro atoms. The molecule has 0 radical (unpaired) electrons. The first kappa shape index (κ1) is 53.5. The first-order chi connectivity index (χ1) is 37.0. The van der Waals surface area contributed by atoms with Crippen LogP contribution in [0.3, 0.4) is 0 Å². The van der Waals surface area contributed by atoms with Crippen molar-refractivity contribution in [3.05, 3.63) is 228 Å². The summed E-state index contributed by atoms with van der Waals surface area (Å²) < 4.78 is 67.4. The van der Waals surface area contributed by atoms with Gasteiger partial charge in [0, 0.05) is 12.8 Å². The molecule has 0 N–H and O–H groups in total. The van der Waals surface area contributed by atoms with E-state index in [2.05, 4.69) is 12.2 Å². The first-order valence-corrected chi connectivity index (χ1v) is 26.2. The number of hydrogen-bond donors (Lipinski definition) is 0. The lowest BCUT2D eigenvalue weighted by atomic mass is 9.91. The van der Waals surface area contributed by atoms with Crippen molar-refractivity contribution in [3.8, 4) is 0 Å². The molecule has 0 aromatic heterocycles. The molecule has 0 unspecified atom stereocenters. The minimum Gasteiger partial charge on any atom is -0.463 e. The van der Waals surface area contributed by atoms with Gasteiger partial charge in [-0.1, -0.05) is 194 Å². The van der Waals surface area contributed by atoms with Crippen LogP contribution in [0.15, 0.2) is 194 Å². The van der Waals surface area contributed by atoms with Crippen molar-refractivity contribution >= 4 is 11.9 Å². The molecule has 2 fully saturated rings. The zero-order chi connectivity index (χ0) is 51.3. The summed E-state index contributed by atoms with van der Waals surface area (Å²) in [7, 11) is 0. The van der Waals surface area contributed by atoms with E-state index in [1.165, 1.54) is 0 Å². The first-order valence-electron chi connectivity index (χ1n) is 26.2. The zero-order valence-corrected chi connectivity index (χ0v) is 42.3. The van der Waals surface area contributed by atoms with Gasteiger partial charge in [0.25, 0.3) is 0 Å². The third-order valence-electron chi connectivity index (χ3n) is 13.7. The van der Waals surface area contributed by atoms with Crippen molar-refractivity contribution in [2.45, 2.75) is 133 Å². The summed E-state index contributed by atoms with van der Waals surface area (Å²) in [5.74, 6) is -0.945. The lowest BCUT2D eigenvalue weighted by molar-refractivity contribution is -0.270. The molecule has 0 aliphatic carbocycles. The summed E-state index contributed by atoms with van der Waals surface area (Å²) in [6.45, 7) is 1.45. The van der Waals surface area contributed by atoms with Gasteiger partial charge >= 0.3 is 11.9 Å². The second-order valence-corrected chi connectivity index (χ2v) is 19.2. The van der Waals surface area contributed by atoms with Gasteiger partial charge in [-0.3, -0.25) is 9.59 Å². The highest BCUT2D eigenvalue weighted by Crippen LogP contribution is 2.35. The molecule has 6 aromatic rings. The van der Waals surface area contributed by atoms with Crippen LogP contribution in [0.2, 0.25) is 0 Å². The molecule has 4 bridgehead atoms. The Labute approximate surface area is 440 Å². The molecule has 12 heteroatoms. The molecule has 0 amide bonds. The minimum absolute atomic E-state index is 0.0130. The van der Waals surface area contributed by atoms with Crippen LogP contribution in [-0.2, 0) is 96.6 Å². The standard InChI is InChI=1S/C63H68O12/c64-56-36-21-37-57(65)67-45-55-61(71-41-49-28-13-4-14-29-49)63(73-43-51-32-17-6-18-33-51)59(69-39-47-24-9-2-10-25-47)53(75-55)35-20-19-34-52-58(68-38-46-22-7-1-8-23-46)62(72-42-50-30-15-5-16-31-50)60(54(74-52)44-66-56)70-40-48-26-11-3-12-27-48/h1-20,22-33,52-55,58-63H,21,34-45H2/b20-19-/t52-,53-,54-,55-,58-,59+,60-,61-,62-,63-/m1/s1. The van der Waals surface area contributed by atoms with E-state index in [-0.39, 0.29) is 58.9 Å². The third-order valence-corrected chi connectivity index (χ3v) is 13.7. The highest BCUT2D eigenvalue weighted by Gasteiger charge is 2.50. The van der Waals surface area contributed by atoms with Crippen LogP contribution in [0.25, 0.3) is 0 Å². The molecule has 2 saturated heterocycles. The molecule has 9 rings (SSSR count). The second-order valence-electron chi connectivity index (χ2n) is 19.2. The average molecular weight is 1020 g/mol. The van der Waals surface area contributed by atoms with Crippen molar-refractivity contribution in [2.24, 2.45) is 0 Å². The van der Waals surface area contributed by atoms with E-state index < -0.39 is 73.0 Å². The summed E-state index contributed by atoms with van der Waals surface area (Å²) in [4.78, 5) is 27.1. The fraction of sp³-hybridized carbons (Fsp3) is 0.365. The molecule has 12 nitrogen and oxygen atoms in total. The average Bonchev–Trinajstić information content (AvgIpc) is 3.46. The van der Waals surface area contributed by atoms with Crippen LogP contribution in [0.1, 0.15) is 65.5 Å². The fourth-order valence-corrected chi connectivity index (χ4v) is 9.75. The molecule has 10 atom stereocenters. The molecular formula is C63H68O12. The Morgan fingerprint density at radius 2 is 0.560 bits per heavy atom. The maximum atomic E-state index is 13.5. The number of fused-ring (bicyclic) bond motifs is 4. The minimum atomic E-state index is -0.742. The van der Waals surface area contributed by atoms with Gasteiger partial charge in [0.1, 0.15) is 62.0 Å². The molecule has 6 aromatic carbocycles. The van der Waals surface area contributed by atoms with Crippen molar-refractivity contribution in [3.63, 3.8) is 0 Å². The summed E-state index contributed by atoms with van der Waals surface area (Å²) in [5.41, 5.74) is 5.88. The van der Waals surface area contributed by atoms with Gasteiger partial charge in [-0.05, 0) is 52.6 Å². The number of hydrogen-bond acceptors (Lipinski definition) is 12. The second kappa shape index (κ2) is 28.5.